The van der Waals surface area contributed by atoms with Gasteiger partial charge in [-0.2, -0.15) is 0 Å². The summed E-state index contributed by atoms with van der Waals surface area (Å²) < 4.78 is 6.38. The number of rotatable bonds is 6. The Labute approximate surface area is 189 Å². The number of hydrogen-bond donors (Lipinski definition) is 0. The maximum atomic E-state index is 12.1. The van der Waals surface area contributed by atoms with Crippen molar-refractivity contribution in [1.29, 1.82) is 0 Å². The van der Waals surface area contributed by atoms with Crippen molar-refractivity contribution >= 4 is 151 Å². The molecule has 0 atom stereocenters. The lowest BCUT2D eigenvalue weighted by Crippen LogP contribution is -2.43. The highest BCUT2D eigenvalue weighted by Gasteiger charge is 2.52. The molecule has 0 aliphatic rings. The van der Waals surface area contributed by atoms with Gasteiger partial charge in [-0.05, 0) is 43.3 Å². The molecule has 0 aliphatic carbocycles. The summed E-state index contributed by atoms with van der Waals surface area (Å²) in [6, 6.07) is 0. The average molecular weight is 767 g/mol. The summed E-state index contributed by atoms with van der Waals surface area (Å²) in [5.41, 5.74) is 0. The fraction of sp³-hybridized carbons (Fsp3) is 0.714. The van der Waals surface area contributed by atoms with Crippen LogP contribution in [-0.4, -0.2) is 33.5 Å². The summed E-state index contributed by atoms with van der Waals surface area (Å²) in [6.45, 7) is -0.260. The third kappa shape index (κ3) is 9.39. The number of hydrogen-bond acceptors (Lipinski definition) is 6. The number of carbonyl (C=O) groups excluding carboxylic acids is 2. The van der Waals surface area contributed by atoms with Gasteiger partial charge in [0.2, 0.25) is 0 Å². The summed E-state index contributed by atoms with van der Waals surface area (Å²) in [6.07, 6.45) is 0. The minimum atomic E-state index is -1.94. The molecule has 0 unspecified atom stereocenters. The van der Waals surface area contributed by atoms with Crippen molar-refractivity contribution in [2.75, 3.05) is 13.2 Å². The fourth-order valence-electron chi connectivity index (χ4n) is 0.706. The lowest BCUT2D eigenvalue weighted by molar-refractivity contribution is -0.154. The standard InChI is InChI=1S/C7H4Br6Cl2O4S2/c8-5(9,10)1-18-3(16)7(20-14,21-15)4(17)19-2-6(11,12)13/h1-2H2. The Kier molecular flexibility index (Phi) is 11.8. The molecule has 0 heterocycles. The van der Waals surface area contributed by atoms with Gasteiger partial charge in [-0.25, -0.2) is 9.59 Å². The summed E-state index contributed by atoms with van der Waals surface area (Å²) in [4.78, 5) is 24.2. The van der Waals surface area contributed by atoms with E-state index in [0.29, 0.717) is 22.0 Å². The molecule has 0 aliphatic heterocycles. The SMILES string of the molecule is O=C(OCC(Br)(Br)Br)C(SCl)(SCl)C(=O)OCC(Br)(Br)Br. The lowest BCUT2D eigenvalue weighted by atomic mass is 10.4. The predicted octanol–water partition coefficient (Wildman–Crippen LogP) is 6.22. The Bertz CT molecular complexity index is 352. The predicted molar refractivity (Wildman–Crippen MR) is 111 cm³/mol. The Morgan fingerprint density at radius 2 is 1.10 bits per heavy atom. The molecule has 0 bridgehead atoms. The third-order valence-corrected chi connectivity index (χ3v) is 6.40. The van der Waals surface area contributed by atoms with E-state index in [2.05, 4.69) is 95.6 Å². The summed E-state index contributed by atoms with van der Waals surface area (Å²) in [5, 5.41) is 0. The Balaban J connectivity index is 4.97. The molecule has 4 nitrogen and oxygen atoms in total. The van der Waals surface area contributed by atoms with Crippen molar-refractivity contribution < 1.29 is 19.1 Å². The quantitative estimate of drug-likeness (QED) is 0.139. The van der Waals surface area contributed by atoms with Gasteiger partial charge >= 0.3 is 11.9 Å². The molecule has 0 fully saturated rings. The first-order chi connectivity index (χ1) is 9.38. The Hall–Kier alpha value is 3.10. The zero-order valence-corrected chi connectivity index (χ0v) is 22.0. The van der Waals surface area contributed by atoms with E-state index in [-0.39, 0.29) is 13.2 Å². The van der Waals surface area contributed by atoms with Gasteiger partial charge in [0.15, 0.2) is 4.29 Å². The van der Waals surface area contributed by atoms with E-state index in [9.17, 15) is 9.59 Å². The smallest absolute Gasteiger partial charge is 0.347 e. The maximum absolute atomic E-state index is 12.1. The van der Waals surface area contributed by atoms with Crippen LogP contribution in [-0.2, 0) is 19.1 Å². The molecule has 0 N–H and O–H groups in total. The Morgan fingerprint density at radius 1 is 0.810 bits per heavy atom. The van der Waals surface area contributed by atoms with E-state index in [1.807, 2.05) is 0 Å². The summed E-state index contributed by atoms with van der Waals surface area (Å²) >= 11 is 18.9. The third-order valence-electron chi connectivity index (χ3n) is 1.49. The summed E-state index contributed by atoms with van der Waals surface area (Å²) in [5.74, 6) is -1.89. The molecule has 0 aromatic rings. The lowest BCUT2D eigenvalue weighted by Gasteiger charge is -2.25. The molecule has 0 saturated heterocycles. The van der Waals surface area contributed by atoms with Crippen molar-refractivity contribution in [1.82, 2.24) is 0 Å². The second-order valence-electron chi connectivity index (χ2n) is 3.15. The molecule has 0 spiro atoms. The van der Waals surface area contributed by atoms with E-state index in [1.165, 1.54) is 0 Å². The zero-order chi connectivity index (χ0) is 16.9. The molecule has 21 heavy (non-hydrogen) atoms. The molecule has 0 radical (unpaired) electrons. The van der Waals surface area contributed by atoms with Gasteiger partial charge < -0.3 is 9.47 Å². The monoisotopic (exact) mass is 759 g/mol. The van der Waals surface area contributed by atoms with Crippen LogP contribution in [0.2, 0.25) is 0 Å². The minimum absolute atomic E-state index is 0.130. The van der Waals surface area contributed by atoms with Crippen LogP contribution < -0.4 is 0 Å². The number of alkyl halides is 6. The molecule has 0 saturated carbocycles. The van der Waals surface area contributed by atoms with Gasteiger partial charge in [0.05, 0.1) is 0 Å². The van der Waals surface area contributed by atoms with Crippen LogP contribution in [0.15, 0.2) is 0 Å². The molecule has 14 heteroatoms. The van der Waals surface area contributed by atoms with Crippen molar-refractivity contribution in [3.8, 4) is 0 Å². The molecule has 0 aromatic carbocycles. The zero-order valence-electron chi connectivity index (χ0n) is 9.39. The van der Waals surface area contributed by atoms with Crippen molar-refractivity contribution in [2.45, 2.75) is 8.36 Å². The van der Waals surface area contributed by atoms with Crippen LogP contribution in [0.1, 0.15) is 0 Å². The van der Waals surface area contributed by atoms with Crippen molar-refractivity contribution in [2.24, 2.45) is 0 Å². The summed E-state index contributed by atoms with van der Waals surface area (Å²) in [7, 11) is 12.1. The topological polar surface area (TPSA) is 52.6 Å². The van der Waals surface area contributed by atoms with Crippen molar-refractivity contribution in [3.05, 3.63) is 0 Å². The second kappa shape index (κ2) is 10.3. The van der Waals surface area contributed by atoms with Crippen LogP contribution in [0, 0.1) is 0 Å². The number of carbonyl (C=O) groups is 2. The van der Waals surface area contributed by atoms with Gasteiger partial charge in [-0.1, -0.05) is 95.6 Å². The van der Waals surface area contributed by atoms with Crippen molar-refractivity contribution in [3.63, 3.8) is 0 Å². The number of ether oxygens (including phenoxy) is 2. The largest absolute Gasteiger partial charge is 0.460 e. The van der Waals surface area contributed by atoms with Crippen LogP contribution >= 0.6 is 139 Å². The van der Waals surface area contributed by atoms with Gasteiger partial charge in [0.1, 0.15) is 13.2 Å². The Morgan fingerprint density at radius 3 is 1.29 bits per heavy atom. The molecule has 124 valence electrons. The molecule has 0 aromatic heterocycles. The van der Waals surface area contributed by atoms with E-state index < -0.39 is 20.3 Å². The van der Waals surface area contributed by atoms with Crippen LogP contribution in [0.25, 0.3) is 0 Å². The van der Waals surface area contributed by atoms with Crippen LogP contribution in [0.5, 0.6) is 0 Å². The number of halogens is 8. The normalized spacial score (nSPS) is 13.0. The molecular formula is C7H4Br6Cl2O4S2. The van der Waals surface area contributed by atoms with E-state index in [0.717, 1.165) is 0 Å². The van der Waals surface area contributed by atoms with E-state index in [4.69, 9.17) is 30.8 Å². The first-order valence-electron chi connectivity index (χ1n) is 4.45. The van der Waals surface area contributed by atoms with Crippen LogP contribution in [0.3, 0.4) is 0 Å². The van der Waals surface area contributed by atoms with E-state index >= 15 is 0 Å². The highest BCUT2D eigenvalue weighted by molar-refractivity contribution is 9.39. The number of esters is 2. The molecular weight excluding hydrogens is 763 g/mol. The fourth-order valence-corrected chi connectivity index (χ4v) is 3.59. The van der Waals surface area contributed by atoms with Gasteiger partial charge in [-0.3, -0.25) is 0 Å². The first-order valence-corrected chi connectivity index (χ1v) is 12.5. The van der Waals surface area contributed by atoms with Gasteiger partial charge in [-0.15, -0.1) is 0 Å². The highest BCUT2D eigenvalue weighted by Crippen LogP contribution is 2.46. The minimum Gasteiger partial charge on any atom is -0.460 e. The van der Waals surface area contributed by atoms with Crippen LogP contribution in [0.4, 0.5) is 0 Å². The van der Waals surface area contributed by atoms with Gasteiger partial charge in [0, 0.05) is 0 Å². The average Bonchev–Trinajstić information content (AvgIpc) is 2.34. The van der Waals surface area contributed by atoms with E-state index in [1.54, 1.807) is 0 Å². The van der Waals surface area contributed by atoms with Gasteiger partial charge in [0.25, 0.3) is 4.08 Å². The highest BCUT2D eigenvalue weighted by atomic mass is 80.0. The molecule has 0 rings (SSSR count). The molecule has 0 amide bonds. The maximum Gasteiger partial charge on any atom is 0.347 e. The first kappa shape index (κ1) is 24.1. The second-order valence-corrected chi connectivity index (χ2v) is 20.4.